The van der Waals surface area contributed by atoms with Gasteiger partial charge < -0.3 is 9.47 Å². The number of carbonyl (C=O) groups excluding carboxylic acids is 1. The van der Waals surface area contributed by atoms with Crippen LogP contribution in [0.25, 0.3) is 0 Å². The van der Waals surface area contributed by atoms with Crippen molar-refractivity contribution in [1.29, 1.82) is 0 Å². The second kappa shape index (κ2) is 5.18. The molecule has 0 aromatic carbocycles. The van der Waals surface area contributed by atoms with Gasteiger partial charge in [-0.25, -0.2) is 4.79 Å². The third-order valence-corrected chi connectivity index (χ3v) is 3.87. The number of methoxy groups -OCH3 is 1. The predicted molar refractivity (Wildman–Crippen MR) is 71.2 cm³/mol. The molecule has 0 aliphatic rings. The van der Waals surface area contributed by atoms with Crippen LogP contribution in [0.3, 0.4) is 0 Å². The lowest BCUT2D eigenvalue weighted by Gasteiger charge is -2.01. The number of carbonyl (C=O) groups is 1. The first-order valence-electron chi connectivity index (χ1n) is 5.36. The fraction of sp³-hybridized carbons (Fsp3) is 0.364. The van der Waals surface area contributed by atoms with Crippen LogP contribution in [-0.4, -0.2) is 27.8 Å². The molecule has 0 atom stereocenters. The van der Waals surface area contributed by atoms with E-state index < -0.39 is 5.97 Å². The van der Waals surface area contributed by atoms with E-state index >= 15 is 0 Å². The van der Waals surface area contributed by atoms with Crippen molar-refractivity contribution < 1.29 is 14.3 Å². The smallest absolute Gasteiger partial charge is 0.351 e. The number of halogens is 1. The Bertz CT molecular complexity index is 635. The Morgan fingerprint density at radius 3 is 2.63 bits per heavy atom. The number of aromatic nitrogens is 3. The van der Waals surface area contributed by atoms with E-state index in [2.05, 4.69) is 14.8 Å². The Balaban J connectivity index is 2.32. The van der Waals surface area contributed by atoms with E-state index in [4.69, 9.17) is 16.3 Å². The average molecular weight is 302 g/mol. The molecule has 0 bridgehead atoms. The van der Waals surface area contributed by atoms with Crippen LogP contribution >= 0.6 is 22.9 Å². The number of thiazole rings is 1. The lowest BCUT2D eigenvalue weighted by atomic mass is 10.3. The highest BCUT2D eigenvalue weighted by Crippen LogP contribution is 2.34. The highest BCUT2D eigenvalue weighted by atomic mass is 35.5. The summed E-state index contributed by atoms with van der Waals surface area (Å²) in [7, 11) is 3.11. The van der Waals surface area contributed by atoms with E-state index in [9.17, 15) is 4.79 Å². The highest BCUT2D eigenvalue weighted by molar-refractivity contribution is 7.15. The van der Waals surface area contributed by atoms with Crippen molar-refractivity contribution in [3.8, 4) is 10.9 Å². The Morgan fingerprint density at radius 1 is 1.42 bits per heavy atom. The topological polar surface area (TPSA) is 66.2 Å². The van der Waals surface area contributed by atoms with E-state index in [-0.39, 0.29) is 15.2 Å². The second-order valence-corrected chi connectivity index (χ2v) is 5.14. The lowest BCUT2D eigenvalue weighted by Crippen LogP contribution is -1.98. The maximum Gasteiger partial charge on any atom is 0.351 e. The third-order valence-electron chi connectivity index (χ3n) is 2.57. The van der Waals surface area contributed by atoms with Crippen LogP contribution in [0.2, 0.25) is 5.15 Å². The van der Waals surface area contributed by atoms with Crippen LogP contribution in [-0.2, 0) is 11.8 Å². The summed E-state index contributed by atoms with van der Waals surface area (Å²) >= 11 is 6.90. The van der Waals surface area contributed by atoms with Gasteiger partial charge >= 0.3 is 5.97 Å². The molecule has 0 N–H and O–H groups in total. The molecule has 2 aromatic heterocycles. The number of rotatable bonds is 3. The number of hydrogen-bond donors (Lipinski definition) is 0. The van der Waals surface area contributed by atoms with Crippen molar-refractivity contribution in [3.63, 3.8) is 0 Å². The van der Waals surface area contributed by atoms with Crippen LogP contribution in [0.5, 0.6) is 10.9 Å². The molecule has 2 aromatic rings. The molecule has 0 aliphatic heterocycles. The fourth-order valence-corrected chi connectivity index (χ4v) is 2.59. The zero-order valence-electron chi connectivity index (χ0n) is 10.9. The van der Waals surface area contributed by atoms with Gasteiger partial charge in [0.05, 0.1) is 12.8 Å². The van der Waals surface area contributed by atoms with Crippen LogP contribution in [0, 0.1) is 13.8 Å². The first kappa shape index (κ1) is 13.8. The van der Waals surface area contributed by atoms with Crippen LogP contribution < -0.4 is 4.74 Å². The standard InChI is InChI=1S/C11H12ClN3O3S/c1-5-7(6(2)15(3)14-5)18-11-13-9(12)8(19-11)10(16)17-4/h1-4H3. The molecule has 19 heavy (non-hydrogen) atoms. The Labute approximate surface area is 118 Å². The van der Waals surface area contributed by atoms with E-state index in [1.807, 2.05) is 20.9 Å². The van der Waals surface area contributed by atoms with E-state index in [1.165, 1.54) is 7.11 Å². The molecule has 0 amide bonds. The summed E-state index contributed by atoms with van der Waals surface area (Å²) in [6.07, 6.45) is 0. The average Bonchev–Trinajstić information content (AvgIpc) is 2.84. The van der Waals surface area contributed by atoms with Gasteiger partial charge in [0.15, 0.2) is 15.8 Å². The van der Waals surface area contributed by atoms with Gasteiger partial charge in [-0.15, -0.1) is 0 Å². The minimum absolute atomic E-state index is 0.0750. The molecule has 0 unspecified atom stereocenters. The number of nitrogens with zero attached hydrogens (tertiary/aromatic N) is 3. The second-order valence-electron chi connectivity index (χ2n) is 3.82. The van der Waals surface area contributed by atoms with Crippen molar-refractivity contribution in [1.82, 2.24) is 14.8 Å². The van der Waals surface area contributed by atoms with Crippen LogP contribution in [0.4, 0.5) is 0 Å². The van der Waals surface area contributed by atoms with Gasteiger partial charge in [0.2, 0.25) is 0 Å². The van der Waals surface area contributed by atoms with E-state index in [0.717, 1.165) is 22.7 Å². The minimum Gasteiger partial charge on any atom is -0.465 e. The molecule has 0 radical (unpaired) electrons. The fourth-order valence-electron chi connectivity index (χ4n) is 1.53. The summed E-state index contributed by atoms with van der Waals surface area (Å²) in [4.78, 5) is 15.6. The molecule has 0 fully saturated rings. The molecule has 2 rings (SSSR count). The van der Waals surface area contributed by atoms with Gasteiger partial charge in [0, 0.05) is 7.05 Å². The van der Waals surface area contributed by atoms with Gasteiger partial charge in [-0.2, -0.15) is 10.1 Å². The molecule has 0 saturated heterocycles. The SMILES string of the molecule is COC(=O)c1sc(Oc2c(C)nn(C)c2C)nc1Cl. The number of aryl methyl sites for hydroxylation is 2. The number of ether oxygens (including phenoxy) is 2. The monoisotopic (exact) mass is 301 g/mol. The normalized spacial score (nSPS) is 10.6. The third kappa shape index (κ3) is 2.57. The zero-order valence-corrected chi connectivity index (χ0v) is 12.4. The first-order chi connectivity index (χ1) is 8.93. The van der Waals surface area contributed by atoms with Gasteiger partial charge in [-0.1, -0.05) is 22.9 Å². The van der Waals surface area contributed by atoms with Gasteiger partial charge in [0.25, 0.3) is 5.19 Å². The largest absolute Gasteiger partial charge is 0.465 e. The molecule has 0 spiro atoms. The van der Waals surface area contributed by atoms with Gasteiger partial charge in [0.1, 0.15) is 5.69 Å². The maximum atomic E-state index is 11.4. The Hall–Kier alpha value is -1.60. The molecule has 102 valence electrons. The van der Waals surface area contributed by atoms with Crippen LogP contribution in [0.1, 0.15) is 21.1 Å². The maximum absolute atomic E-state index is 11.4. The molecule has 0 saturated carbocycles. The van der Waals surface area contributed by atoms with E-state index in [1.54, 1.807) is 4.68 Å². The molecule has 2 heterocycles. The molecule has 6 nitrogen and oxygen atoms in total. The Kier molecular flexibility index (Phi) is 3.77. The summed E-state index contributed by atoms with van der Waals surface area (Å²) in [6.45, 7) is 3.71. The first-order valence-corrected chi connectivity index (χ1v) is 6.56. The van der Waals surface area contributed by atoms with E-state index in [0.29, 0.717) is 5.75 Å². The lowest BCUT2D eigenvalue weighted by molar-refractivity contribution is 0.0606. The van der Waals surface area contributed by atoms with Crippen LogP contribution in [0.15, 0.2) is 0 Å². The summed E-state index contributed by atoms with van der Waals surface area (Å²) < 4.78 is 12.0. The van der Waals surface area contributed by atoms with Crippen molar-refractivity contribution in [2.45, 2.75) is 13.8 Å². The predicted octanol–water partition coefficient (Wildman–Crippen LogP) is 2.73. The Morgan fingerprint density at radius 2 is 2.11 bits per heavy atom. The van der Waals surface area contributed by atoms with Crippen molar-refractivity contribution in [2.75, 3.05) is 7.11 Å². The van der Waals surface area contributed by atoms with Crippen molar-refractivity contribution >= 4 is 28.9 Å². The van der Waals surface area contributed by atoms with Gasteiger partial charge in [-0.05, 0) is 13.8 Å². The number of hydrogen-bond acceptors (Lipinski definition) is 6. The quantitative estimate of drug-likeness (QED) is 0.816. The molecular formula is C11H12ClN3O3S. The van der Waals surface area contributed by atoms with Crippen molar-refractivity contribution in [2.24, 2.45) is 7.05 Å². The summed E-state index contributed by atoms with van der Waals surface area (Å²) in [5.74, 6) is 0.0845. The minimum atomic E-state index is -0.531. The molecule has 0 aliphatic carbocycles. The summed E-state index contributed by atoms with van der Waals surface area (Å²) in [6, 6.07) is 0. The summed E-state index contributed by atoms with van der Waals surface area (Å²) in [5, 5.41) is 4.59. The highest BCUT2D eigenvalue weighted by Gasteiger charge is 2.20. The van der Waals surface area contributed by atoms with Crippen molar-refractivity contribution in [3.05, 3.63) is 21.4 Å². The number of esters is 1. The summed E-state index contributed by atoms with van der Waals surface area (Å²) in [5.41, 5.74) is 1.61. The molecule has 8 heteroatoms. The zero-order chi connectivity index (χ0) is 14.2. The molecular weight excluding hydrogens is 290 g/mol. The van der Waals surface area contributed by atoms with Gasteiger partial charge in [-0.3, -0.25) is 4.68 Å².